The Morgan fingerprint density at radius 2 is 1.94 bits per heavy atom. The van der Waals surface area contributed by atoms with Crippen molar-refractivity contribution in [3.05, 3.63) is 54.5 Å². The van der Waals surface area contributed by atoms with Gasteiger partial charge in [-0.1, -0.05) is 0 Å². The number of aromatic nitrogens is 7. The Morgan fingerprint density at radius 3 is 2.61 bits per heavy atom. The molecule has 4 rings (SSSR count). The lowest BCUT2D eigenvalue weighted by Crippen LogP contribution is -2.21. The number of methoxy groups -OCH3 is 1. The van der Waals surface area contributed by atoms with Gasteiger partial charge < -0.3 is 20.7 Å². The summed E-state index contributed by atoms with van der Waals surface area (Å²) < 4.78 is 20.3. The van der Waals surface area contributed by atoms with Crippen LogP contribution in [0.5, 0.6) is 5.75 Å². The number of nitrogens with zero attached hydrogens (tertiary/aromatic N) is 7. The number of halogens is 1. The maximum Gasteiger partial charge on any atom is 0.273 e. The van der Waals surface area contributed by atoms with Gasteiger partial charge in [0.1, 0.15) is 18.0 Å². The Bertz CT molecular complexity index is 1290. The second-order valence-corrected chi connectivity index (χ2v) is 6.66. The monoisotopic (exact) mass is 450 g/mol. The van der Waals surface area contributed by atoms with Gasteiger partial charge in [0.2, 0.25) is 0 Å². The van der Waals surface area contributed by atoms with Crippen LogP contribution in [0.25, 0.3) is 11.4 Å². The van der Waals surface area contributed by atoms with Crippen molar-refractivity contribution in [3.8, 4) is 17.1 Å². The molecule has 0 aliphatic rings. The molecular weight excluding hydrogens is 431 g/mol. The van der Waals surface area contributed by atoms with Gasteiger partial charge in [-0.15, -0.1) is 10.2 Å². The highest BCUT2D eigenvalue weighted by atomic mass is 19.1. The molecule has 0 spiro atoms. The predicted octanol–water partition coefficient (Wildman–Crippen LogP) is 2.06. The first kappa shape index (κ1) is 21.5. The molecule has 0 unspecified atom stereocenters. The van der Waals surface area contributed by atoms with Crippen LogP contribution in [0.4, 0.5) is 27.5 Å². The van der Waals surface area contributed by atoms with Crippen molar-refractivity contribution < 1.29 is 13.9 Å². The second-order valence-electron chi connectivity index (χ2n) is 6.66. The summed E-state index contributed by atoms with van der Waals surface area (Å²) >= 11 is 0. The molecule has 4 aromatic rings. The minimum absolute atomic E-state index is 0.0281. The Kier molecular flexibility index (Phi) is 6.02. The molecule has 168 valence electrons. The largest absolute Gasteiger partial charge is 0.492 e. The number of hydrogen-bond donors (Lipinski definition) is 3. The summed E-state index contributed by atoms with van der Waals surface area (Å²) in [5.74, 6) is 0.824. The average molecular weight is 450 g/mol. The number of nitrogens with one attached hydrogen (secondary N) is 3. The summed E-state index contributed by atoms with van der Waals surface area (Å²) in [5.41, 5.74) is 0.930. The number of amides is 1. The molecule has 0 aromatic carbocycles. The lowest BCUT2D eigenvalue weighted by Gasteiger charge is -2.15. The molecule has 1 amide bonds. The van der Waals surface area contributed by atoms with E-state index in [1.807, 2.05) is 0 Å². The third kappa shape index (κ3) is 4.66. The van der Waals surface area contributed by atoms with Crippen LogP contribution in [0.3, 0.4) is 0 Å². The zero-order valence-electron chi connectivity index (χ0n) is 17.9. The van der Waals surface area contributed by atoms with Crippen LogP contribution in [0.15, 0.2) is 43.0 Å². The van der Waals surface area contributed by atoms with Crippen molar-refractivity contribution in [2.45, 2.75) is 0 Å². The van der Waals surface area contributed by atoms with Crippen LogP contribution in [-0.2, 0) is 7.05 Å². The van der Waals surface area contributed by atoms with Gasteiger partial charge in [0, 0.05) is 26.4 Å². The molecular formula is C20H19FN10O2. The number of rotatable bonds is 7. The maximum atomic E-state index is 13.1. The van der Waals surface area contributed by atoms with Crippen LogP contribution in [-0.4, -0.2) is 55.0 Å². The van der Waals surface area contributed by atoms with Crippen molar-refractivity contribution in [2.24, 2.45) is 7.05 Å². The minimum Gasteiger partial charge on any atom is -0.492 e. The molecule has 3 N–H and O–H groups in total. The van der Waals surface area contributed by atoms with E-state index in [1.165, 1.54) is 26.3 Å². The highest BCUT2D eigenvalue weighted by Gasteiger charge is 2.20. The number of carbonyl (C=O) groups is 1. The number of carbonyl (C=O) groups excluding carboxylic acids is 1. The fraction of sp³-hybridized carbons (Fsp3) is 0.150. The molecule has 0 saturated carbocycles. The third-order valence-corrected chi connectivity index (χ3v) is 4.42. The average Bonchev–Trinajstić information content (AvgIpc) is 3.26. The van der Waals surface area contributed by atoms with E-state index in [2.05, 4.69) is 46.2 Å². The van der Waals surface area contributed by atoms with Crippen LogP contribution in [0, 0.1) is 5.82 Å². The normalized spacial score (nSPS) is 10.5. The molecule has 33 heavy (non-hydrogen) atoms. The zero-order valence-corrected chi connectivity index (χ0v) is 17.9. The van der Waals surface area contributed by atoms with E-state index in [0.29, 0.717) is 34.5 Å². The van der Waals surface area contributed by atoms with Gasteiger partial charge in [-0.2, -0.15) is 5.10 Å². The van der Waals surface area contributed by atoms with E-state index in [4.69, 9.17) is 4.74 Å². The number of pyridine rings is 2. The molecule has 0 fully saturated rings. The fourth-order valence-electron chi connectivity index (χ4n) is 2.93. The Labute approximate surface area is 187 Å². The van der Waals surface area contributed by atoms with E-state index in [9.17, 15) is 9.18 Å². The maximum absolute atomic E-state index is 13.1. The second kappa shape index (κ2) is 9.21. The SMILES string of the molecule is CNC(=O)c1nnc(Nc2ccc(F)cn2)cc1Nc1nccc(-c2ncn(C)n2)c1OC. The first-order valence-corrected chi connectivity index (χ1v) is 9.63. The zero-order chi connectivity index (χ0) is 23.4. The lowest BCUT2D eigenvalue weighted by atomic mass is 10.2. The van der Waals surface area contributed by atoms with Gasteiger partial charge >= 0.3 is 0 Å². The summed E-state index contributed by atoms with van der Waals surface area (Å²) in [6.45, 7) is 0. The molecule has 0 atom stereocenters. The molecule has 12 nitrogen and oxygen atoms in total. The molecule has 4 aromatic heterocycles. The Hall–Kier alpha value is -4.68. The Balaban J connectivity index is 1.73. The van der Waals surface area contributed by atoms with Crippen LogP contribution in [0.2, 0.25) is 0 Å². The quantitative estimate of drug-likeness (QED) is 0.382. The molecule has 0 aliphatic carbocycles. The predicted molar refractivity (Wildman–Crippen MR) is 117 cm³/mol. The van der Waals surface area contributed by atoms with Crippen molar-refractivity contribution in [1.82, 2.24) is 40.2 Å². The molecule has 4 heterocycles. The third-order valence-electron chi connectivity index (χ3n) is 4.42. The minimum atomic E-state index is -0.468. The number of hydrogen-bond acceptors (Lipinski definition) is 10. The molecule has 0 aliphatic heterocycles. The number of aryl methyl sites for hydroxylation is 1. The first-order valence-electron chi connectivity index (χ1n) is 9.63. The highest BCUT2D eigenvalue weighted by Crippen LogP contribution is 2.35. The van der Waals surface area contributed by atoms with Gasteiger partial charge in [-0.05, 0) is 18.2 Å². The van der Waals surface area contributed by atoms with Crippen LogP contribution < -0.4 is 20.7 Å². The van der Waals surface area contributed by atoms with Gasteiger partial charge in [-0.25, -0.2) is 19.3 Å². The first-order chi connectivity index (χ1) is 16.0. The van der Waals surface area contributed by atoms with Gasteiger partial charge in [0.05, 0.1) is 24.6 Å². The van der Waals surface area contributed by atoms with Gasteiger partial charge in [0.15, 0.2) is 28.9 Å². The van der Waals surface area contributed by atoms with Crippen molar-refractivity contribution >= 4 is 29.0 Å². The molecule has 13 heteroatoms. The van der Waals surface area contributed by atoms with E-state index in [1.54, 1.807) is 36.4 Å². The van der Waals surface area contributed by atoms with Crippen molar-refractivity contribution in [3.63, 3.8) is 0 Å². The van der Waals surface area contributed by atoms with E-state index in [-0.39, 0.29) is 11.5 Å². The summed E-state index contributed by atoms with van der Waals surface area (Å²) in [6.07, 6.45) is 4.20. The molecule has 0 saturated heterocycles. The molecule has 0 bridgehead atoms. The van der Waals surface area contributed by atoms with E-state index < -0.39 is 11.7 Å². The fourth-order valence-corrected chi connectivity index (χ4v) is 2.93. The van der Waals surface area contributed by atoms with Gasteiger partial charge in [0.25, 0.3) is 5.91 Å². The summed E-state index contributed by atoms with van der Waals surface area (Å²) in [6, 6.07) is 5.98. The summed E-state index contributed by atoms with van der Waals surface area (Å²) in [4.78, 5) is 24.9. The van der Waals surface area contributed by atoms with E-state index >= 15 is 0 Å². The highest BCUT2D eigenvalue weighted by molar-refractivity contribution is 5.98. The smallest absolute Gasteiger partial charge is 0.273 e. The summed E-state index contributed by atoms with van der Waals surface area (Å²) in [5, 5.41) is 20.8. The standard InChI is InChI=1S/C20H19FN10O2/c1-22-20(32)16-13(8-15(28-29-16)27-14-5-4-11(21)9-24-14)26-19-17(33-3)12(6-7-23-19)18-25-10-31(2)30-18/h4-10H,1-3H3,(H,22,32)(H2,23,24,26,27,28). The van der Waals surface area contributed by atoms with Gasteiger partial charge in [-0.3, -0.25) is 9.48 Å². The van der Waals surface area contributed by atoms with Crippen molar-refractivity contribution in [2.75, 3.05) is 24.8 Å². The summed E-state index contributed by atoms with van der Waals surface area (Å²) in [7, 11) is 4.73. The van der Waals surface area contributed by atoms with Crippen LogP contribution in [0.1, 0.15) is 10.5 Å². The van der Waals surface area contributed by atoms with E-state index in [0.717, 1.165) is 6.20 Å². The Morgan fingerprint density at radius 1 is 1.09 bits per heavy atom. The number of anilines is 4. The molecule has 0 radical (unpaired) electrons. The lowest BCUT2D eigenvalue weighted by molar-refractivity contribution is 0.0958. The van der Waals surface area contributed by atoms with Crippen LogP contribution >= 0.6 is 0 Å². The van der Waals surface area contributed by atoms with Crippen molar-refractivity contribution in [1.29, 1.82) is 0 Å². The topological polar surface area (TPSA) is 145 Å². The number of ether oxygens (including phenoxy) is 1.